The predicted octanol–water partition coefficient (Wildman–Crippen LogP) is 3.46. The molecule has 0 aromatic heterocycles. The van der Waals surface area contributed by atoms with Crippen LogP contribution in [0.5, 0.6) is 0 Å². The van der Waals surface area contributed by atoms with E-state index < -0.39 is 17.5 Å². The fourth-order valence-corrected chi connectivity index (χ4v) is 1.59. The Kier molecular flexibility index (Phi) is 4.03. The third-order valence-corrected chi connectivity index (χ3v) is 2.69. The summed E-state index contributed by atoms with van der Waals surface area (Å²) in [6.07, 6.45) is 0. The Bertz CT molecular complexity index is 451. The van der Waals surface area contributed by atoms with E-state index in [1.165, 1.54) is 18.2 Å². The second kappa shape index (κ2) is 5.09. The van der Waals surface area contributed by atoms with E-state index in [9.17, 15) is 9.18 Å². The molecule has 4 heteroatoms. The van der Waals surface area contributed by atoms with Crippen LogP contribution in [-0.2, 0) is 0 Å². The number of carbonyl (C=O) groups excluding carboxylic acids is 1. The van der Waals surface area contributed by atoms with Crippen LogP contribution in [-0.4, -0.2) is 5.78 Å². The summed E-state index contributed by atoms with van der Waals surface area (Å²) in [7, 11) is 0. The molecule has 1 atom stereocenters. The molecule has 0 aliphatic heterocycles. The molecular weight excluding hydrogens is 229 g/mol. The molecule has 0 aliphatic carbocycles. The molecule has 0 saturated heterocycles. The van der Waals surface area contributed by atoms with Crippen molar-refractivity contribution < 1.29 is 9.18 Å². The number of halogens is 2. The fraction of sp³-hybridized carbons (Fsp3) is 0.333. The zero-order valence-electron chi connectivity index (χ0n) is 9.00. The van der Waals surface area contributed by atoms with Gasteiger partial charge in [0.25, 0.3) is 0 Å². The smallest absolute Gasteiger partial charge is 0.181 e. The second-order valence-electron chi connectivity index (χ2n) is 3.82. The van der Waals surface area contributed by atoms with Gasteiger partial charge in [0.15, 0.2) is 5.78 Å². The first kappa shape index (κ1) is 12.7. The van der Waals surface area contributed by atoms with Crippen LogP contribution in [0.25, 0.3) is 0 Å². The third-order valence-electron chi connectivity index (χ3n) is 2.31. The molecule has 0 saturated carbocycles. The molecule has 0 fully saturated rings. The van der Waals surface area contributed by atoms with E-state index in [4.69, 9.17) is 16.9 Å². The van der Waals surface area contributed by atoms with E-state index in [-0.39, 0.29) is 16.5 Å². The van der Waals surface area contributed by atoms with Crippen molar-refractivity contribution in [2.75, 3.05) is 0 Å². The van der Waals surface area contributed by atoms with Crippen LogP contribution in [0.1, 0.15) is 24.2 Å². The Balaban J connectivity index is 3.15. The van der Waals surface area contributed by atoms with E-state index in [2.05, 4.69) is 0 Å². The highest BCUT2D eigenvalue weighted by molar-refractivity contribution is 6.34. The summed E-state index contributed by atoms with van der Waals surface area (Å²) in [5, 5.41) is 8.67. The van der Waals surface area contributed by atoms with Crippen molar-refractivity contribution in [3.63, 3.8) is 0 Å². The van der Waals surface area contributed by atoms with Crippen molar-refractivity contribution in [2.45, 2.75) is 13.8 Å². The zero-order valence-corrected chi connectivity index (χ0v) is 9.75. The van der Waals surface area contributed by atoms with Crippen LogP contribution in [0.4, 0.5) is 4.39 Å². The van der Waals surface area contributed by atoms with Crippen LogP contribution < -0.4 is 0 Å². The SMILES string of the molecule is CC(C)C(C#N)C(=O)c1cccc(F)c1Cl. The number of rotatable bonds is 3. The highest BCUT2D eigenvalue weighted by Gasteiger charge is 2.25. The van der Waals surface area contributed by atoms with Gasteiger partial charge >= 0.3 is 0 Å². The van der Waals surface area contributed by atoms with E-state index in [0.29, 0.717) is 0 Å². The number of nitrogens with zero attached hydrogens (tertiary/aromatic N) is 1. The monoisotopic (exact) mass is 239 g/mol. The van der Waals surface area contributed by atoms with Gasteiger partial charge in [-0.3, -0.25) is 4.79 Å². The van der Waals surface area contributed by atoms with Crippen LogP contribution in [0.15, 0.2) is 18.2 Å². The maximum absolute atomic E-state index is 13.1. The van der Waals surface area contributed by atoms with Gasteiger partial charge in [-0.2, -0.15) is 5.26 Å². The number of nitriles is 1. The molecule has 84 valence electrons. The summed E-state index contributed by atoms with van der Waals surface area (Å²) in [4.78, 5) is 11.9. The van der Waals surface area contributed by atoms with Gasteiger partial charge in [-0.05, 0) is 18.1 Å². The second-order valence-corrected chi connectivity index (χ2v) is 4.19. The number of hydrogen-bond donors (Lipinski definition) is 0. The maximum atomic E-state index is 13.1. The van der Waals surface area contributed by atoms with E-state index in [1.54, 1.807) is 13.8 Å². The number of ketones is 1. The molecule has 0 aliphatic rings. The average molecular weight is 240 g/mol. The average Bonchev–Trinajstić information content (AvgIpc) is 2.22. The Morgan fingerprint density at radius 3 is 2.62 bits per heavy atom. The van der Waals surface area contributed by atoms with Gasteiger partial charge in [0.1, 0.15) is 11.7 Å². The van der Waals surface area contributed by atoms with Crippen molar-refractivity contribution >= 4 is 17.4 Å². The first-order chi connectivity index (χ1) is 7.49. The Hall–Kier alpha value is -1.40. The van der Waals surface area contributed by atoms with Crippen molar-refractivity contribution in [2.24, 2.45) is 11.8 Å². The summed E-state index contributed by atoms with van der Waals surface area (Å²) >= 11 is 5.69. The number of carbonyl (C=O) groups is 1. The summed E-state index contributed by atoms with van der Waals surface area (Å²) in [6, 6.07) is 5.93. The molecule has 0 radical (unpaired) electrons. The van der Waals surface area contributed by atoms with Gasteiger partial charge in [0.05, 0.1) is 11.1 Å². The molecule has 0 N–H and O–H groups in total. The maximum Gasteiger partial charge on any atom is 0.181 e. The van der Waals surface area contributed by atoms with E-state index in [1.807, 2.05) is 6.07 Å². The molecule has 1 aromatic carbocycles. The molecule has 1 rings (SSSR count). The summed E-state index contributed by atoms with van der Waals surface area (Å²) in [5.41, 5.74) is 0.0712. The van der Waals surface area contributed by atoms with Crippen molar-refractivity contribution in [3.8, 4) is 6.07 Å². The third kappa shape index (κ3) is 2.40. The van der Waals surface area contributed by atoms with Crippen molar-refractivity contribution in [3.05, 3.63) is 34.6 Å². The highest BCUT2D eigenvalue weighted by Crippen LogP contribution is 2.24. The number of benzene rings is 1. The molecule has 2 nitrogen and oxygen atoms in total. The molecule has 16 heavy (non-hydrogen) atoms. The number of Topliss-reactive ketones (excluding diaryl/α,β-unsaturated/α-hetero) is 1. The van der Waals surface area contributed by atoms with Gasteiger partial charge in [-0.25, -0.2) is 4.39 Å². The van der Waals surface area contributed by atoms with E-state index >= 15 is 0 Å². The highest BCUT2D eigenvalue weighted by atomic mass is 35.5. The topological polar surface area (TPSA) is 40.9 Å². The predicted molar refractivity (Wildman–Crippen MR) is 59.7 cm³/mol. The van der Waals surface area contributed by atoms with Gasteiger partial charge in [-0.1, -0.05) is 31.5 Å². The molecule has 0 spiro atoms. The minimum Gasteiger partial charge on any atom is -0.293 e. The van der Waals surface area contributed by atoms with Crippen LogP contribution in [0.3, 0.4) is 0 Å². The van der Waals surface area contributed by atoms with Crippen LogP contribution >= 0.6 is 11.6 Å². The summed E-state index contributed by atoms with van der Waals surface area (Å²) in [5.74, 6) is -1.99. The Labute approximate surface area is 98.6 Å². The van der Waals surface area contributed by atoms with Gasteiger partial charge in [0.2, 0.25) is 0 Å². The normalized spacial score (nSPS) is 12.2. The molecule has 1 unspecified atom stereocenters. The van der Waals surface area contributed by atoms with Crippen molar-refractivity contribution in [1.82, 2.24) is 0 Å². The van der Waals surface area contributed by atoms with Gasteiger partial charge < -0.3 is 0 Å². The lowest BCUT2D eigenvalue weighted by Gasteiger charge is -2.12. The molecule has 1 aromatic rings. The quantitative estimate of drug-likeness (QED) is 0.758. The van der Waals surface area contributed by atoms with Crippen LogP contribution in [0.2, 0.25) is 5.02 Å². The molecule has 0 amide bonds. The largest absolute Gasteiger partial charge is 0.293 e. The molecule has 0 heterocycles. The first-order valence-electron chi connectivity index (χ1n) is 4.87. The summed E-state index contributed by atoms with van der Waals surface area (Å²) < 4.78 is 13.1. The lowest BCUT2D eigenvalue weighted by Crippen LogP contribution is -2.19. The van der Waals surface area contributed by atoms with E-state index in [0.717, 1.165) is 0 Å². The minimum atomic E-state index is -0.792. The Morgan fingerprint density at radius 2 is 2.12 bits per heavy atom. The standard InChI is InChI=1S/C12H11ClFNO/c1-7(2)9(6-15)12(16)8-4-3-5-10(14)11(8)13/h3-5,7,9H,1-2H3. The summed E-state index contributed by atoms with van der Waals surface area (Å²) in [6.45, 7) is 3.53. The lowest BCUT2D eigenvalue weighted by atomic mass is 9.89. The lowest BCUT2D eigenvalue weighted by molar-refractivity contribution is 0.0924. The van der Waals surface area contributed by atoms with Gasteiger partial charge in [-0.15, -0.1) is 0 Å². The fourth-order valence-electron chi connectivity index (χ4n) is 1.37. The molecular formula is C12H11ClFNO. The number of hydrogen-bond acceptors (Lipinski definition) is 2. The molecule has 0 bridgehead atoms. The van der Waals surface area contributed by atoms with Crippen molar-refractivity contribution in [1.29, 1.82) is 5.26 Å². The van der Waals surface area contributed by atoms with Gasteiger partial charge in [0, 0.05) is 5.56 Å². The zero-order chi connectivity index (χ0) is 12.3. The Morgan fingerprint density at radius 1 is 1.50 bits per heavy atom. The first-order valence-corrected chi connectivity index (χ1v) is 5.24. The minimum absolute atomic E-state index is 0.0712. The van der Waals surface area contributed by atoms with Crippen LogP contribution in [0, 0.1) is 29.0 Å².